The molecule has 2 aromatic rings. The first-order valence-electron chi connectivity index (χ1n) is 5.19. The molecule has 90 valence electrons. The van der Waals surface area contributed by atoms with Gasteiger partial charge < -0.3 is 0 Å². The molecule has 2 rings (SSSR count). The predicted octanol–water partition coefficient (Wildman–Crippen LogP) is 3.23. The highest BCUT2D eigenvalue weighted by Gasteiger charge is 2.16. The summed E-state index contributed by atoms with van der Waals surface area (Å²) in [5, 5.41) is 0. The summed E-state index contributed by atoms with van der Waals surface area (Å²) in [6, 6.07) is 4.73. The summed E-state index contributed by atoms with van der Waals surface area (Å²) < 4.78 is 27.2. The van der Waals surface area contributed by atoms with Crippen LogP contribution in [0.15, 0.2) is 43.2 Å². The van der Waals surface area contributed by atoms with Gasteiger partial charge in [-0.05, 0) is 24.3 Å². The molecule has 0 aliphatic rings. The molecule has 0 amide bonds. The van der Waals surface area contributed by atoms with Gasteiger partial charge in [-0.25, -0.2) is 8.78 Å². The lowest BCUT2D eigenvalue weighted by Crippen LogP contribution is -2.06. The zero-order valence-electron chi connectivity index (χ0n) is 9.36. The van der Waals surface area contributed by atoms with Crippen LogP contribution < -0.4 is 0 Å². The molecule has 4 heteroatoms. The van der Waals surface area contributed by atoms with E-state index in [2.05, 4.69) is 11.6 Å². The topological polar surface area (TPSA) is 30.0 Å². The Labute approximate surface area is 103 Å². The summed E-state index contributed by atoms with van der Waals surface area (Å²) in [5.41, 5.74) is -0.0160. The lowest BCUT2D eigenvalue weighted by molar-refractivity contribution is 0.103. The minimum absolute atomic E-state index is 0.0266. The van der Waals surface area contributed by atoms with Crippen LogP contribution in [0.3, 0.4) is 0 Å². The number of hydrogen-bond acceptors (Lipinski definition) is 2. The Morgan fingerprint density at radius 2 is 1.83 bits per heavy atom. The predicted molar refractivity (Wildman–Crippen MR) is 64.1 cm³/mol. The fourth-order valence-corrected chi connectivity index (χ4v) is 1.55. The second-order valence-corrected chi connectivity index (χ2v) is 3.62. The first-order valence-corrected chi connectivity index (χ1v) is 5.19. The number of aromatic nitrogens is 1. The summed E-state index contributed by atoms with van der Waals surface area (Å²) in [4.78, 5) is 15.7. The van der Waals surface area contributed by atoms with E-state index >= 15 is 0 Å². The van der Waals surface area contributed by atoms with E-state index in [0.717, 1.165) is 12.1 Å². The van der Waals surface area contributed by atoms with Gasteiger partial charge in [-0.2, -0.15) is 0 Å². The van der Waals surface area contributed by atoms with E-state index < -0.39 is 17.4 Å². The molecule has 18 heavy (non-hydrogen) atoms. The van der Waals surface area contributed by atoms with Gasteiger partial charge in [0.05, 0.1) is 5.56 Å². The van der Waals surface area contributed by atoms with E-state index in [9.17, 15) is 13.6 Å². The number of carbonyl (C=O) groups is 1. The summed E-state index contributed by atoms with van der Waals surface area (Å²) in [6.07, 6.45) is 4.03. The second-order valence-electron chi connectivity index (χ2n) is 3.62. The Balaban J connectivity index is 2.49. The van der Waals surface area contributed by atoms with Crippen LogP contribution in [0.4, 0.5) is 8.78 Å². The van der Waals surface area contributed by atoms with Gasteiger partial charge in [0.15, 0.2) is 5.78 Å². The van der Waals surface area contributed by atoms with Crippen molar-refractivity contribution >= 4 is 11.9 Å². The Morgan fingerprint density at radius 3 is 2.44 bits per heavy atom. The van der Waals surface area contributed by atoms with Gasteiger partial charge in [-0.1, -0.05) is 12.7 Å². The van der Waals surface area contributed by atoms with E-state index in [4.69, 9.17) is 0 Å². The number of benzene rings is 1. The van der Waals surface area contributed by atoms with Gasteiger partial charge in [-0.3, -0.25) is 9.78 Å². The number of halogens is 2. The maximum Gasteiger partial charge on any atom is 0.196 e. The standard InChI is InChI=1S/C14H9F2NO/c1-2-9-7-13(16)11(8-12(9)15)14(18)10-3-5-17-6-4-10/h2-8H,1H2. The molecule has 0 unspecified atom stereocenters. The van der Waals surface area contributed by atoms with Crippen LogP contribution in [-0.4, -0.2) is 10.8 Å². The van der Waals surface area contributed by atoms with E-state index in [0.29, 0.717) is 0 Å². The molecule has 0 radical (unpaired) electrons. The maximum absolute atomic E-state index is 13.7. The number of pyridine rings is 1. The van der Waals surface area contributed by atoms with Crippen LogP contribution >= 0.6 is 0 Å². The Morgan fingerprint density at radius 1 is 1.17 bits per heavy atom. The number of nitrogens with zero attached hydrogens (tertiary/aromatic N) is 1. The van der Waals surface area contributed by atoms with Gasteiger partial charge in [0.1, 0.15) is 11.6 Å². The number of carbonyl (C=O) groups excluding carboxylic acids is 1. The van der Waals surface area contributed by atoms with Crippen LogP contribution in [0.25, 0.3) is 6.08 Å². The largest absolute Gasteiger partial charge is 0.288 e. The highest BCUT2D eigenvalue weighted by Crippen LogP contribution is 2.18. The number of hydrogen-bond donors (Lipinski definition) is 0. The molecule has 0 fully saturated rings. The Bertz CT molecular complexity index is 609. The van der Waals surface area contributed by atoms with Crippen LogP contribution in [0.5, 0.6) is 0 Å². The maximum atomic E-state index is 13.7. The van der Waals surface area contributed by atoms with Crippen molar-refractivity contribution < 1.29 is 13.6 Å². The van der Waals surface area contributed by atoms with Crippen molar-refractivity contribution in [3.8, 4) is 0 Å². The molecule has 0 atom stereocenters. The molecule has 0 spiro atoms. The summed E-state index contributed by atoms with van der Waals surface area (Å²) >= 11 is 0. The molecule has 1 heterocycles. The van der Waals surface area contributed by atoms with Crippen molar-refractivity contribution in [2.24, 2.45) is 0 Å². The van der Waals surface area contributed by atoms with Gasteiger partial charge >= 0.3 is 0 Å². The zero-order valence-corrected chi connectivity index (χ0v) is 9.36. The monoisotopic (exact) mass is 245 g/mol. The van der Waals surface area contributed by atoms with Crippen LogP contribution in [0.2, 0.25) is 0 Å². The average Bonchev–Trinajstić information content (AvgIpc) is 2.41. The van der Waals surface area contributed by atoms with Crippen LogP contribution in [0, 0.1) is 11.6 Å². The van der Waals surface area contributed by atoms with Crippen molar-refractivity contribution in [1.82, 2.24) is 4.98 Å². The lowest BCUT2D eigenvalue weighted by atomic mass is 10.0. The van der Waals surface area contributed by atoms with Crippen molar-refractivity contribution in [2.45, 2.75) is 0 Å². The fourth-order valence-electron chi connectivity index (χ4n) is 1.55. The molecule has 1 aromatic carbocycles. The van der Waals surface area contributed by atoms with Crippen LogP contribution in [-0.2, 0) is 0 Å². The molecule has 0 aliphatic heterocycles. The highest BCUT2D eigenvalue weighted by atomic mass is 19.1. The Kier molecular flexibility index (Phi) is 3.28. The molecule has 0 bridgehead atoms. The van der Waals surface area contributed by atoms with Crippen molar-refractivity contribution in [3.63, 3.8) is 0 Å². The van der Waals surface area contributed by atoms with E-state index in [1.165, 1.54) is 30.6 Å². The molecule has 1 aromatic heterocycles. The minimum Gasteiger partial charge on any atom is -0.288 e. The summed E-state index contributed by atoms with van der Waals surface area (Å²) in [5.74, 6) is -2.03. The first-order chi connectivity index (χ1) is 8.63. The average molecular weight is 245 g/mol. The Hall–Kier alpha value is -2.36. The fraction of sp³-hybridized carbons (Fsp3) is 0. The minimum atomic E-state index is -0.770. The third-order valence-electron chi connectivity index (χ3n) is 2.49. The number of ketones is 1. The summed E-state index contributed by atoms with van der Waals surface area (Å²) in [6.45, 7) is 3.37. The highest BCUT2D eigenvalue weighted by molar-refractivity contribution is 6.09. The van der Waals surface area contributed by atoms with Gasteiger partial charge in [-0.15, -0.1) is 0 Å². The molecular weight excluding hydrogens is 236 g/mol. The summed E-state index contributed by atoms with van der Waals surface area (Å²) in [7, 11) is 0. The molecule has 0 saturated carbocycles. The van der Waals surface area contributed by atoms with E-state index in [-0.39, 0.29) is 16.7 Å². The molecular formula is C14H9F2NO. The lowest BCUT2D eigenvalue weighted by Gasteiger charge is -2.05. The molecule has 0 N–H and O–H groups in total. The van der Waals surface area contributed by atoms with Gasteiger partial charge in [0.25, 0.3) is 0 Å². The van der Waals surface area contributed by atoms with Crippen LogP contribution in [0.1, 0.15) is 21.5 Å². The third-order valence-corrected chi connectivity index (χ3v) is 2.49. The van der Waals surface area contributed by atoms with Crippen molar-refractivity contribution in [2.75, 3.05) is 0 Å². The first kappa shape index (κ1) is 12.1. The third kappa shape index (κ3) is 2.18. The van der Waals surface area contributed by atoms with Gasteiger partial charge in [0, 0.05) is 23.5 Å². The van der Waals surface area contributed by atoms with Crippen molar-refractivity contribution in [3.05, 3.63) is 71.6 Å². The normalized spacial score (nSPS) is 10.1. The molecule has 0 saturated heterocycles. The smallest absolute Gasteiger partial charge is 0.196 e. The van der Waals surface area contributed by atoms with Gasteiger partial charge in [0.2, 0.25) is 0 Å². The second kappa shape index (κ2) is 4.87. The molecule has 0 aliphatic carbocycles. The SMILES string of the molecule is C=Cc1cc(F)c(C(=O)c2ccncc2)cc1F. The van der Waals surface area contributed by atoms with E-state index in [1.54, 1.807) is 0 Å². The zero-order chi connectivity index (χ0) is 13.1. The quantitative estimate of drug-likeness (QED) is 0.777. The number of rotatable bonds is 3. The van der Waals surface area contributed by atoms with Crippen molar-refractivity contribution in [1.29, 1.82) is 0 Å². The van der Waals surface area contributed by atoms with E-state index in [1.807, 2.05) is 0 Å². The molecule has 2 nitrogen and oxygen atoms in total.